The molecule has 2 saturated heterocycles. The minimum absolute atomic E-state index is 0.0571. The van der Waals surface area contributed by atoms with Gasteiger partial charge in [0.05, 0.1) is 30.6 Å². The van der Waals surface area contributed by atoms with Crippen molar-refractivity contribution in [2.45, 2.75) is 38.5 Å². The molecule has 144 valence electrons. The lowest BCUT2D eigenvalue weighted by atomic mass is 9.89. The molecule has 2 aromatic rings. The summed E-state index contributed by atoms with van der Waals surface area (Å²) in [6, 6.07) is 5.96. The topological polar surface area (TPSA) is 63.5 Å². The fraction of sp³-hybridized carbons (Fsp3) is 0.550. The van der Waals surface area contributed by atoms with Crippen LogP contribution >= 0.6 is 0 Å². The van der Waals surface area contributed by atoms with E-state index in [4.69, 9.17) is 4.74 Å². The predicted molar refractivity (Wildman–Crippen MR) is 101 cm³/mol. The third-order valence-corrected chi connectivity index (χ3v) is 5.56. The van der Waals surface area contributed by atoms with Crippen LogP contribution in [0.15, 0.2) is 30.6 Å². The summed E-state index contributed by atoms with van der Waals surface area (Å²) in [4.78, 5) is 21.3. The van der Waals surface area contributed by atoms with Gasteiger partial charge in [-0.25, -0.2) is 0 Å². The molecular formula is C20H27N5O2. The fourth-order valence-corrected chi connectivity index (χ4v) is 4.05. The number of hydrogen-bond acceptors (Lipinski definition) is 5. The minimum atomic E-state index is -0.219. The summed E-state index contributed by atoms with van der Waals surface area (Å²) in [7, 11) is 1.94. The molecule has 2 aliphatic rings. The van der Waals surface area contributed by atoms with Gasteiger partial charge in [0.2, 0.25) is 5.91 Å². The van der Waals surface area contributed by atoms with Crippen molar-refractivity contribution in [1.82, 2.24) is 24.6 Å². The van der Waals surface area contributed by atoms with Crippen LogP contribution in [0.2, 0.25) is 0 Å². The van der Waals surface area contributed by atoms with Gasteiger partial charge >= 0.3 is 0 Å². The van der Waals surface area contributed by atoms with Crippen LogP contribution in [0.25, 0.3) is 0 Å². The monoisotopic (exact) mass is 369 g/mol. The molecule has 27 heavy (non-hydrogen) atoms. The van der Waals surface area contributed by atoms with E-state index in [9.17, 15) is 4.79 Å². The van der Waals surface area contributed by atoms with E-state index < -0.39 is 0 Å². The van der Waals surface area contributed by atoms with Crippen LogP contribution < -0.4 is 0 Å². The predicted octanol–water partition coefficient (Wildman–Crippen LogP) is 1.52. The van der Waals surface area contributed by atoms with Crippen molar-refractivity contribution in [3.05, 3.63) is 47.5 Å². The quantitative estimate of drug-likeness (QED) is 0.818. The van der Waals surface area contributed by atoms with Gasteiger partial charge in [0.15, 0.2) is 0 Å². The van der Waals surface area contributed by atoms with Gasteiger partial charge in [-0.3, -0.25) is 19.4 Å². The van der Waals surface area contributed by atoms with Crippen molar-refractivity contribution in [1.29, 1.82) is 0 Å². The lowest BCUT2D eigenvalue weighted by Gasteiger charge is -2.47. The van der Waals surface area contributed by atoms with Crippen LogP contribution in [0.4, 0.5) is 0 Å². The van der Waals surface area contributed by atoms with Crippen molar-refractivity contribution in [3.8, 4) is 0 Å². The van der Waals surface area contributed by atoms with E-state index in [0.29, 0.717) is 13.1 Å². The number of ether oxygens (including phenoxy) is 1. The standard InChI is InChI=1S/C20H27N5O2/c1-16-4-3-5-18(22-16)13-25-15-20(27-14-19(25)26)6-8-24(9-7-20)12-17-10-21-23(2)11-17/h3-5,10-11H,6-9,12-15H2,1-2H3. The third kappa shape index (κ3) is 4.20. The number of piperidine rings is 1. The van der Waals surface area contributed by atoms with E-state index in [2.05, 4.69) is 21.2 Å². The summed E-state index contributed by atoms with van der Waals surface area (Å²) >= 11 is 0. The molecule has 0 aromatic carbocycles. The molecular weight excluding hydrogens is 342 g/mol. The van der Waals surface area contributed by atoms with Gasteiger partial charge in [-0.1, -0.05) is 6.07 Å². The maximum Gasteiger partial charge on any atom is 0.249 e. The van der Waals surface area contributed by atoms with Gasteiger partial charge in [-0.2, -0.15) is 5.10 Å². The van der Waals surface area contributed by atoms with Gasteiger partial charge in [0, 0.05) is 44.1 Å². The molecule has 2 fully saturated rings. The second-order valence-electron chi connectivity index (χ2n) is 7.79. The molecule has 0 N–H and O–H groups in total. The average molecular weight is 369 g/mol. The number of pyridine rings is 1. The highest BCUT2D eigenvalue weighted by Gasteiger charge is 2.42. The van der Waals surface area contributed by atoms with Crippen molar-refractivity contribution < 1.29 is 9.53 Å². The zero-order chi connectivity index (χ0) is 18.9. The summed E-state index contributed by atoms with van der Waals surface area (Å²) < 4.78 is 7.90. The largest absolute Gasteiger partial charge is 0.363 e. The van der Waals surface area contributed by atoms with E-state index in [1.807, 2.05) is 47.9 Å². The Morgan fingerprint density at radius 3 is 2.74 bits per heavy atom. The number of carbonyl (C=O) groups is 1. The normalized spacial score (nSPS) is 20.4. The molecule has 0 radical (unpaired) electrons. The van der Waals surface area contributed by atoms with E-state index in [1.165, 1.54) is 5.56 Å². The molecule has 0 atom stereocenters. The number of nitrogens with zero attached hydrogens (tertiary/aromatic N) is 5. The first-order valence-corrected chi connectivity index (χ1v) is 9.56. The average Bonchev–Trinajstić information content (AvgIpc) is 3.05. The van der Waals surface area contributed by atoms with Gasteiger partial charge in [-0.15, -0.1) is 0 Å². The zero-order valence-corrected chi connectivity index (χ0v) is 16.1. The van der Waals surface area contributed by atoms with Gasteiger partial charge < -0.3 is 9.64 Å². The minimum Gasteiger partial charge on any atom is -0.363 e. The molecule has 4 heterocycles. The molecule has 0 bridgehead atoms. The number of likely N-dealkylation sites (tertiary alicyclic amines) is 1. The molecule has 2 aliphatic heterocycles. The van der Waals surface area contributed by atoms with Crippen LogP contribution in [0, 0.1) is 6.92 Å². The van der Waals surface area contributed by atoms with Crippen LogP contribution in [-0.4, -0.2) is 62.3 Å². The summed E-state index contributed by atoms with van der Waals surface area (Å²) in [5.74, 6) is 0.0571. The molecule has 1 spiro atoms. The highest BCUT2D eigenvalue weighted by molar-refractivity contribution is 5.78. The van der Waals surface area contributed by atoms with E-state index in [-0.39, 0.29) is 18.1 Å². The van der Waals surface area contributed by atoms with Crippen LogP contribution in [0.5, 0.6) is 0 Å². The lowest BCUT2D eigenvalue weighted by molar-refractivity contribution is -0.172. The van der Waals surface area contributed by atoms with Crippen molar-refractivity contribution >= 4 is 5.91 Å². The Morgan fingerprint density at radius 1 is 1.22 bits per heavy atom. The van der Waals surface area contributed by atoms with Crippen LogP contribution in [-0.2, 0) is 29.7 Å². The number of amides is 1. The Hall–Kier alpha value is -2.25. The smallest absolute Gasteiger partial charge is 0.249 e. The number of aromatic nitrogens is 3. The first-order valence-electron chi connectivity index (χ1n) is 9.56. The summed E-state index contributed by atoms with van der Waals surface area (Å²) in [6.45, 7) is 6.23. The number of rotatable bonds is 4. The van der Waals surface area contributed by atoms with Crippen LogP contribution in [0.3, 0.4) is 0 Å². The number of hydrogen-bond donors (Lipinski definition) is 0. The number of aryl methyl sites for hydroxylation is 2. The maximum atomic E-state index is 12.4. The second-order valence-corrected chi connectivity index (χ2v) is 7.79. The van der Waals surface area contributed by atoms with Crippen molar-refractivity contribution in [3.63, 3.8) is 0 Å². The van der Waals surface area contributed by atoms with Gasteiger partial charge in [0.1, 0.15) is 6.61 Å². The summed E-state index contributed by atoms with van der Waals surface area (Å²) in [5, 5.41) is 4.24. The molecule has 2 aromatic heterocycles. The number of carbonyl (C=O) groups excluding carboxylic acids is 1. The van der Waals surface area contributed by atoms with E-state index >= 15 is 0 Å². The third-order valence-electron chi connectivity index (χ3n) is 5.56. The van der Waals surface area contributed by atoms with Gasteiger partial charge in [0.25, 0.3) is 0 Å². The molecule has 0 aliphatic carbocycles. The number of morpholine rings is 1. The molecule has 4 rings (SSSR count). The summed E-state index contributed by atoms with van der Waals surface area (Å²) in [5.41, 5.74) is 2.93. The van der Waals surface area contributed by atoms with Gasteiger partial charge in [-0.05, 0) is 31.9 Å². The zero-order valence-electron chi connectivity index (χ0n) is 16.1. The molecule has 0 unspecified atom stereocenters. The molecule has 1 amide bonds. The Morgan fingerprint density at radius 2 is 2.04 bits per heavy atom. The highest BCUT2D eigenvalue weighted by atomic mass is 16.5. The first kappa shape index (κ1) is 18.1. The first-order chi connectivity index (χ1) is 13.0. The molecule has 7 heteroatoms. The maximum absolute atomic E-state index is 12.4. The molecule has 7 nitrogen and oxygen atoms in total. The highest BCUT2D eigenvalue weighted by Crippen LogP contribution is 2.31. The SMILES string of the molecule is Cc1cccc(CN2CC3(CCN(Cc4cnn(C)c4)CC3)OCC2=O)n1. The Labute approximate surface area is 159 Å². The Balaban J connectivity index is 1.37. The van der Waals surface area contributed by atoms with E-state index in [0.717, 1.165) is 43.9 Å². The lowest BCUT2D eigenvalue weighted by Crippen LogP contribution is -2.58. The Kier molecular flexibility index (Phi) is 4.97. The van der Waals surface area contributed by atoms with Crippen LogP contribution in [0.1, 0.15) is 29.8 Å². The van der Waals surface area contributed by atoms with Crippen molar-refractivity contribution in [2.24, 2.45) is 7.05 Å². The fourth-order valence-electron chi connectivity index (χ4n) is 4.05. The molecule has 0 saturated carbocycles. The summed E-state index contributed by atoms with van der Waals surface area (Å²) in [6.07, 6.45) is 5.88. The van der Waals surface area contributed by atoms with Crippen molar-refractivity contribution in [2.75, 3.05) is 26.2 Å². The second kappa shape index (κ2) is 7.40. The Bertz CT molecular complexity index is 810. The van der Waals surface area contributed by atoms with E-state index in [1.54, 1.807) is 0 Å².